The fourth-order valence-corrected chi connectivity index (χ4v) is 2.89. The molecule has 144 valence electrons. The molecule has 0 atom stereocenters. The molecule has 0 unspecified atom stereocenters. The van der Waals surface area contributed by atoms with Crippen molar-refractivity contribution in [2.24, 2.45) is 0 Å². The van der Waals surface area contributed by atoms with Crippen molar-refractivity contribution in [3.8, 4) is 5.75 Å². The Kier molecular flexibility index (Phi) is 5.80. The molecule has 1 aromatic heterocycles. The van der Waals surface area contributed by atoms with Crippen molar-refractivity contribution < 1.29 is 23.5 Å². The molecule has 0 radical (unpaired) electrons. The number of rotatable bonds is 5. The Morgan fingerprint density at radius 1 is 1.11 bits per heavy atom. The van der Waals surface area contributed by atoms with Gasteiger partial charge in [0.05, 0.1) is 12.7 Å². The van der Waals surface area contributed by atoms with E-state index in [-0.39, 0.29) is 18.1 Å². The third kappa shape index (κ3) is 4.40. The van der Waals surface area contributed by atoms with Crippen molar-refractivity contribution in [3.63, 3.8) is 0 Å². The van der Waals surface area contributed by atoms with Crippen molar-refractivity contribution in [2.45, 2.75) is 19.8 Å². The second-order valence-electron chi connectivity index (χ2n) is 6.18. The summed E-state index contributed by atoms with van der Waals surface area (Å²) in [6.07, 6.45) is 0.410. The van der Waals surface area contributed by atoms with Crippen molar-refractivity contribution in [1.29, 1.82) is 0 Å². The van der Waals surface area contributed by atoms with Gasteiger partial charge in [-0.25, -0.2) is 9.59 Å². The highest BCUT2D eigenvalue weighted by atomic mass is 35.5. The zero-order valence-corrected chi connectivity index (χ0v) is 16.0. The number of ether oxygens (including phenoxy) is 2. The number of carbonyl (C=O) groups excluding carboxylic acids is 2. The molecule has 0 aliphatic heterocycles. The molecule has 7 heteroatoms. The summed E-state index contributed by atoms with van der Waals surface area (Å²) >= 11 is 5.84. The average Bonchev–Trinajstić information content (AvgIpc) is 2.66. The van der Waals surface area contributed by atoms with Gasteiger partial charge in [0.25, 0.3) is 0 Å². The van der Waals surface area contributed by atoms with Crippen LogP contribution in [-0.2, 0) is 16.0 Å². The first-order valence-electron chi connectivity index (χ1n) is 8.49. The molecule has 2 aromatic carbocycles. The number of hydrogen-bond donors (Lipinski definition) is 0. The standard InChI is InChI=1S/C21H17ClO6/c1-12-9-20(24)27-18-11-17(14(10-16(12)18)5-8-19(23)26-2)28-21(25)13-3-6-15(22)7-4-13/h3-4,6-7,9-11H,5,8H2,1-2H3. The van der Waals surface area contributed by atoms with Gasteiger partial charge < -0.3 is 13.9 Å². The van der Waals surface area contributed by atoms with Gasteiger partial charge >= 0.3 is 17.6 Å². The van der Waals surface area contributed by atoms with Crippen LogP contribution < -0.4 is 10.4 Å². The second-order valence-corrected chi connectivity index (χ2v) is 6.61. The van der Waals surface area contributed by atoms with E-state index in [0.29, 0.717) is 33.5 Å². The van der Waals surface area contributed by atoms with E-state index in [0.717, 1.165) is 5.56 Å². The zero-order chi connectivity index (χ0) is 20.3. The van der Waals surface area contributed by atoms with Gasteiger partial charge in [0.2, 0.25) is 0 Å². The molecule has 0 N–H and O–H groups in total. The monoisotopic (exact) mass is 400 g/mol. The quantitative estimate of drug-likeness (QED) is 0.364. The molecule has 28 heavy (non-hydrogen) atoms. The summed E-state index contributed by atoms with van der Waals surface area (Å²) in [7, 11) is 1.31. The predicted molar refractivity (Wildman–Crippen MR) is 104 cm³/mol. The molecule has 0 bridgehead atoms. The molecule has 1 heterocycles. The Balaban J connectivity index is 2.01. The molecular formula is C21H17ClO6. The topological polar surface area (TPSA) is 82.8 Å². The van der Waals surface area contributed by atoms with Crippen LogP contribution in [0.2, 0.25) is 5.02 Å². The molecule has 3 rings (SSSR count). The van der Waals surface area contributed by atoms with Gasteiger partial charge in [0.1, 0.15) is 11.3 Å². The first-order valence-corrected chi connectivity index (χ1v) is 8.87. The maximum atomic E-state index is 12.5. The normalized spacial score (nSPS) is 10.7. The fourth-order valence-electron chi connectivity index (χ4n) is 2.76. The molecule has 0 amide bonds. The minimum atomic E-state index is -0.592. The van der Waals surface area contributed by atoms with E-state index in [1.165, 1.54) is 19.2 Å². The van der Waals surface area contributed by atoms with E-state index in [1.807, 2.05) is 0 Å². The molecule has 0 aliphatic rings. The van der Waals surface area contributed by atoms with Gasteiger partial charge in [-0.05, 0) is 54.8 Å². The minimum Gasteiger partial charge on any atom is -0.469 e. The number of halogens is 1. The fraction of sp³-hybridized carbons (Fsp3) is 0.190. The Bertz CT molecular complexity index is 1100. The largest absolute Gasteiger partial charge is 0.469 e. The SMILES string of the molecule is COC(=O)CCc1cc2c(C)cc(=O)oc2cc1OC(=O)c1ccc(Cl)cc1. The van der Waals surface area contributed by atoms with Crippen LogP contribution in [0.25, 0.3) is 11.0 Å². The van der Waals surface area contributed by atoms with Crippen LogP contribution in [0.15, 0.2) is 51.7 Å². The number of benzene rings is 2. The smallest absolute Gasteiger partial charge is 0.343 e. The van der Waals surface area contributed by atoms with E-state index in [9.17, 15) is 14.4 Å². The first-order chi connectivity index (χ1) is 13.4. The highest BCUT2D eigenvalue weighted by molar-refractivity contribution is 6.30. The van der Waals surface area contributed by atoms with E-state index in [1.54, 1.807) is 37.3 Å². The van der Waals surface area contributed by atoms with Crippen molar-refractivity contribution in [2.75, 3.05) is 7.11 Å². The molecule has 0 spiro atoms. The third-order valence-corrected chi connectivity index (χ3v) is 4.49. The number of esters is 2. The molecule has 0 saturated heterocycles. The number of aryl methyl sites for hydroxylation is 2. The Morgan fingerprint density at radius 2 is 1.82 bits per heavy atom. The lowest BCUT2D eigenvalue weighted by Gasteiger charge is -2.12. The first kappa shape index (κ1) is 19.6. The van der Waals surface area contributed by atoms with Gasteiger partial charge in [-0.2, -0.15) is 0 Å². The number of methoxy groups -OCH3 is 1. The molecule has 0 fully saturated rings. The Labute approximate surface area is 165 Å². The summed E-state index contributed by atoms with van der Waals surface area (Å²) in [6.45, 7) is 1.78. The maximum absolute atomic E-state index is 12.5. The zero-order valence-electron chi connectivity index (χ0n) is 15.3. The maximum Gasteiger partial charge on any atom is 0.343 e. The lowest BCUT2D eigenvalue weighted by Crippen LogP contribution is -2.11. The summed E-state index contributed by atoms with van der Waals surface area (Å²) < 4.78 is 15.4. The summed E-state index contributed by atoms with van der Waals surface area (Å²) in [6, 6.07) is 10.9. The van der Waals surface area contributed by atoms with Crippen LogP contribution in [0.1, 0.15) is 27.9 Å². The van der Waals surface area contributed by atoms with E-state index >= 15 is 0 Å². The van der Waals surface area contributed by atoms with Gasteiger partial charge in [0, 0.05) is 29.0 Å². The number of carbonyl (C=O) groups is 2. The average molecular weight is 401 g/mol. The minimum absolute atomic E-state index is 0.114. The van der Waals surface area contributed by atoms with Crippen LogP contribution in [0.3, 0.4) is 0 Å². The van der Waals surface area contributed by atoms with Crippen molar-refractivity contribution >= 4 is 34.5 Å². The van der Waals surface area contributed by atoms with Crippen molar-refractivity contribution in [1.82, 2.24) is 0 Å². The highest BCUT2D eigenvalue weighted by Crippen LogP contribution is 2.29. The number of hydrogen-bond acceptors (Lipinski definition) is 6. The van der Waals surface area contributed by atoms with Gasteiger partial charge in [-0.3, -0.25) is 4.79 Å². The molecular weight excluding hydrogens is 384 g/mol. The third-order valence-electron chi connectivity index (χ3n) is 4.24. The van der Waals surface area contributed by atoms with Gasteiger partial charge in [-0.15, -0.1) is 0 Å². The predicted octanol–water partition coefficient (Wildman–Crippen LogP) is 4.08. The van der Waals surface area contributed by atoms with Crippen LogP contribution in [0, 0.1) is 6.92 Å². The molecule has 3 aromatic rings. The lowest BCUT2D eigenvalue weighted by molar-refractivity contribution is -0.140. The Hall–Kier alpha value is -3.12. The summed E-state index contributed by atoms with van der Waals surface area (Å²) in [5, 5.41) is 1.20. The van der Waals surface area contributed by atoms with Gasteiger partial charge in [0.15, 0.2) is 0 Å². The number of fused-ring (bicyclic) bond motifs is 1. The van der Waals surface area contributed by atoms with E-state index in [2.05, 4.69) is 4.74 Å². The van der Waals surface area contributed by atoms with Crippen molar-refractivity contribution in [3.05, 3.63) is 74.6 Å². The molecule has 6 nitrogen and oxygen atoms in total. The van der Waals surface area contributed by atoms with E-state index < -0.39 is 11.6 Å². The van der Waals surface area contributed by atoms with Gasteiger partial charge in [-0.1, -0.05) is 11.6 Å². The summed E-state index contributed by atoms with van der Waals surface area (Å²) in [5.74, 6) is -0.762. The summed E-state index contributed by atoms with van der Waals surface area (Å²) in [5.41, 5.74) is 1.46. The highest BCUT2D eigenvalue weighted by Gasteiger charge is 2.16. The van der Waals surface area contributed by atoms with Crippen LogP contribution in [0.5, 0.6) is 5.75 Å². The molecule has 0 aliphatic carbocycles. The van der Waals surface area contributed by atoms with Crippen LogP contribution in [-0.4, -0.2) is 19.0 Å². The second kappa shape index (κ2) is 8.27. The van der Waals surface area contributed by atoms with E-state index in [4.69, 9.17) is 20.8 Å². The lowest BCUT2D eigenvalue weighted by atomic mass is 10.0. The molecule has 0 saturated carbocycles. The van der Waals surface area contributed by atoms with Crippen LogP contribution >= 0.6 is 11.6 Å². The van der Waals surface area contributed by atoms with Crippen LogP contribution in [0.4, 0.5) is 0 Å². The summed E-state index contributed by atoms with van der Waals surface area (Å²) in [4.78, 5) is 35.7. The Morgan fingerprint density at radius 3 is 2.50 bits per heavy atom.